The first kappa shape index (κ1) is 18.0. The number of hydrogen-bond acceptors (Lipinski definition) is 4. The van der Waals surface area contributed by atoms with Crippen LogP contribution in [0.15, 0.2) is 64.4 Å². The fourth-order valence-corrected chi connectivity index (χ4v) is 3.83. The van der Waals surface area contributed by atoms with Gasteiger partial charge in [0, 0.05) is 29.0 Å². The third kappa shape index (κ3) is 5.68. The van der Waals surface area contributed by atoms with Crippen LogP contribution < -0.4 is 5.32 Å². The van der Waals surface area contributed by atoms with Gasteiger partial charge < -0.3 is 5.32 Å². The van der Waals surface area contributed by atoms with Gasteiger partial charge in [-0.25, -0.2) is 8.42 Å². The van der Waals surface area contributed by atoms with Gasteiger partial charge in [0.15, 0.2) is 9.84 Å². The van der Waals surface area contributed by atoms with E-state index in [0.717, 1.165) is 12.1 Å². The zero-order chi connectivity index (χ0) is 16.9. The molecule has 0 heterocycles. The molecule has 2 rings (SSSR count). The van der Waals surface area contributed by atoms with Crippen LogP contribution in [0.5, 0.6) is 0 Å². The molecule has 0 unspecified atom stereocenters. The first-order valence-corrected chi connectivity index (χ1v) is 10.4. The average Bonchev–Trinajstić information content (AvgIpc) is 2.53. The summed E-state index contributed by atoms with van der Waals surface area (Å²) in [7, 11) is -3.13. The van der Waals surface area contributed by atoms with E-state index in [4.69, 9.17) is 0 Å². The second-order valence-corrected chi connectivity index (χ2v) is 9.24. The van der Waals surface area contributed by atoms with Gasteiger partial charge in [0.1, 0.15) is 0 Å². The van der Waals surface area contributed by atoms with E-state index in [1.807, 2.05) is 30.0 Å². The minimum Gasteiger partial charge on any atom is -0.309 e. The number of benzene rings is 2. The Bertz CT molecular complexity index is 712. The van der Waals surface area contributed by atoms with Crippen LogP contribution >= 0.6 is 11.8 Å². The predicted octanol–water partition coefficient (Wildman–Crippen LogP) is 3.92. The number of hydrogen-bond donors (Lipinski definition) is 1. The van der Waals surface area contributed by atoms with Crippen LogP contribution in [0.4, 0.5) is 0 Å². The van der Waals surface area contributed by atoms with Crippen LogP contribution in [0.3, 0.4) is 0 Å². The van der Waals surface area contributed by atoms with Gasteiger partial charge in [-0.2, -0.15) is 0 Å². The Labute approximate surface area is 143 Å². The van der Waals surface area contributed by atoms with E-state index in [-0.39, 0.29) is 6.04 Å². The largest absolute Gasteiger partial charge is 0.309 e. The standard InChI is InChI=1S/C18H23NO2S2/c1-14(22-17-7-5-4-6-8-17)13-19-15(2)16-9-11-18(12-10-16)23(3,20)21/h4-12,14-15,19H,13H2,1-3H3/t14-,15-/m0/s1. The summed E-state index contributed by atoms with van der Waals surface area (Å²) in [6.45, 7) is 5.17. The second-order valence-electron chi connectivity index (χ2n) is 5.71. The van der Waals surface area contributed by atoms with Gasteiger partial charge in [0.2, 0.25) is 0 Å². The van der Waals surface area contributed by atoms with Gasteiger partial charge in [-0.3, -0.25) is 0 Å². The van der Waals surface area contributed by atoms with E-state index in [0.29, 0.717) is 10.1 Å². The molecule has 5 heteroatoms. The van der Waals surface area contributed by atoms with Crippen molar-refractivity contribution in [2.45, 2.75) is 34.9 Å². The summed E-state index contributed by atoms with van der Waals surface area (Å²) < 4.78 is 23.0. The summed E-state index contributed by atoms with van der Waals surface area (Å²) in [5, 5.41) is 3.96. The Balaban J connectivity index is 1.88. The fraction of sp³-hybridized carbons (Fsp3) is 0.333. The molecular weight excluding hydrogens is 326 g/mol. The number of sulfone groups is 1. The van der Waals surface area contributed by atoms with Gasteiger partial charge in [-0.05, 0) is 36.8 Å². The lowest BCUT2D eigenvalue weighted by molar-refractivity contribution is 0.575. The predicted molar refractivity (Wildman–Crippen MR) is 97.7 cm³/mol. The molecule has 0 spiro atoms. The summed E-state index contributed by atoms with van der Waals surface area (Å²) in [5.41, 5.74) is 1.09. The molecule has 0 radical (unpaired) electrons. The number of thioether (sulfide) groups is 1. The summed E-state index contributed by atoms with van der Waals surface area (Å²) in [4.78, 5) is 1.63. The monoisotopic (exact) mass is 349 g/mol. The Kier molecular flexibility index (Phi) is 6.27. The normalized spacial score (nSPS) is 14.4. The van der Waals surface area contributed by atoms with Crippen LogP contribution in [-0.4, -0.2) is 26.5 Å². The van der Waals surface area contributed by atoms with Crippen molar-refractivity contribution in [2.24, 2.45) is 0 Å². The van der Waals surface area contributed by atoms with E-state index in [1.54, 1.807) is 12.1 Å². The van der Waals surface area contributed by atoms with Crippen LogP contribution in [0.1, 0.15) is 25.5 Å². The van der Waals surface area contributed by atoms with Crippen molar-refractivity contribution in [3.8, 4) is 0 Å². The van der Waals surface area contributed by atoms with E-state index in [1.165, 1.54) is 11.2 Å². The molecule has 0 fully saturated rings. The Morgan fingerprint density at radius 2 is 1.61 bits per heavy atom. The lowest BCUT2D eigenvalue weighted by atomic mass is 10.1. The molecule has 2 atom stereocenters. The third-order valence-corrected chi connectivity index (χ3v) is 5.84. The summed E-state index contributed by atoms with van der Waals surface area (Å²) in [5.74, 6) is 0. The molecule has 0 bridgehead atoms. The van der Waals surface area contributed by atoms with Crippen molar-refractivity contribution in [3.63, 3.8) is 0 Å². The summed E-state index contributed by atoms with van der Waals surface area (Å²) in [6.07, 6.45) is 1.23. The molecule has 0 aliphatic rings. The molecule has 0 aliphatic carbocycles. The Morgan fingerprint density at radius 3 is 2.17 bits per heavy atom. The lowest BCUT2D eigenvalue weighted by Gasteiger charge is -2.18. The SMILES string of the molecule is C[C@H](NC[C@H](C)Sc1ccccc1)c1ccc(S(C)(=O)=O)cc1. The molecule has 1 N–H and O–H groups in total. The van der Waals surface area contributed by atoms with E-state index >= 15 is 0 Å². The summed E-state index contributed by atoms with van der Waals surface area (Å²) >= 11 is 1.84. The second kappa shape index (κ2) is 7.99. The van der Waals surface area contributed by atoms with Crippen molar-refractivity contribution >= 4 is 21.6 Å². The van der Waals surface area contributed by atoms with Gasteiger partial charge >= 0.3 is 0 Å². The van der Waals surface area contributed by atoms with Crippen LogP contribution in [0.25, 0.3) is 0 Å². The molecule has 0 amide bonds. The van der Waals surface area contributed by atoms with Gasteiger partial charge in [-0.15, -0.1) is 11.8 Å². The maximum atomic E-state index is 11.5. The molecule has 2 aromatic carbocycles. The molecule has 0 saturated heterocycles. The molecule has 0 aromatic heterocycles. The smallest absolute Gasteiger partial charge is 0.175 e. The van der Waals surface area contributed by atoms with E-state index in [2.05, 4.69) is 43.4 Å². The highest BCUT2D eigenvalue weighted by molar-refractivity contribution is 8.00. The van der Waals surface area contributed by atoms with Crippen molar-refractivity contribution in [3.05, 3.63) is 60.2 Å². The molecule has 3 nitrogen and oxygen atoms in total. The molecule has 2 aromatic rings. The quantitative estimate of drug-likeness (QED) is 0.770. The minimum absolute atomic E-state index is 0.183. The minimum atomic E-state index is -3.13. The van der Waals surface area contributed by atoms with Crippen molar-refractivity contribution in [1.82, 2.24) is 5.32 Å². The first-order valence-electron chi connectivity index (χ1n) is 7.61. The highest BCUT2D eigenvalue weighted by Crippen LogP contribution is 2.23. The Morgan fingerprint density at radius 1 is 1.00 bits per heavy atom. The maximum Gasteiger partial charge on any atom is 0.175 e. The molecule has 0 aliphatic heterocycles. The van der Waals surface area contributed by atoms with E-state index < -0.39 is 9.84 Å². The van der Waals surface area contributed by atoms with Crippen molar-refractivity contribution in [2.75, 3.05) is 12.8 Å². The zero-order valence-electron chi connectivity index (χ0n) is 13.7. The lowest BCUT2D eigenvalue weighted by Crippen LogP contribution is -2.25. The van der Waals surface area contributed by atoms with E-state index in [9.17, 15) is 8.42 Å². The maximum absolute atomic E-state index is 11.5. The van der Waals surface area contributed by atoms with Gasteiger partial charge in [0.05, 0.1) is 4.90 Å². The summed E-state index contributed by atoms with van der Waals surface area (Å²) in [6, 6.07) is 17.6. The molecule has 124 valence electrons. The van der Waals surface area contributed by atoms with Crippen LogP contribution in [-0.2, 0) is 9.84 Å². The molecular formula is C18H23NO2S2. The average molecular weight is 350 g/mol. The highest BCUT2D eigenvalue weighted by Gasteiger charge is 2.11. The van der Waals surface area contributed by atoms with Crippen LogP contribution in [0.2, 0.25) is 0 Å². The third-order valence-electron chi connectivity index (χ3n) is 3.60. The topological polar surface area (TPSA) is 46.2 Å². The van der Waals surface area contributed by atoms with Crippen molar-refractivity contribution < 1.29 is 8.42 Å². The number of nitrogens with one attached hydrogen (secondary N) is 1. The zero-order valence-corrected chi connectivity index (χ0v) is 15.3. The molecule has 23 heavy (non-hydrogen) atoms. The Hall–Kier alpha value is -1.30. The fourth-order valence-electron chi connectivity index (χ4n) is 2.24. The first-order chi connectivity index (χ1) is 10.9. The molecule has 0 saturated carbocycles. The van der Waals surface area contributed by atoms with Gasteiger partial charge in [-0.1, -0.05) is 37.3 Å². The van der Waals surface area contributed by atoms with Crippen molar-refractivity contribution in [1.29, 1.82) is 0 Å². The van der Waals surface area contributed by atoms with Gasteiger partial charge in [0.25, 0.3) is 0 Å². The highest BCUT2D eigenvalue weighted by atomic mass is 32.2. The van der Waals surface area contributed by atoms with Crippen LogP contribution in [0, 0.1) is 0 Å². The number of rotatable bonds is 7.